The fourth-order valence-corrected chi connectivity index (χ4v) is 2.06. The number of anilines is 1. The predicted molar refractivity (Wildman–Crippen MR) is 86.0 cm³/mol. The summed E-state index contributed by atoms with van der Waals surface area (Å²) in [5.74, 6) is -0.467. The van der Waals surface area contributed by atoms with Crippen molar-refractivity contribution in [1.29, 1.82) is 0 Å². The van der Waals surface area contributed by atoms with Gasteiger partial charge in [-0.3, -0.25) is 5.32 Å². The highest BCUT2D eigenvalue weighted by atomic mass is 16.6. The van der Waals surface area contributed by atoms with E-state index >= 15 is 0 Å². The Morgan fingerprint density at radius 3 is 2.35 bits per heavy atom. The third-order valence-electron chi connectivity index (χ3n) is 3.28. The van der Waals surface area contributed by atoms with Crippen molar-refractivity contribution in [3.8, 4) is 0 Å². The highest BCUT2D eigenvalue weighted by molar-refractivity contribution is 5.85. The Hall–Kier alpha value is -2.50. The van der Waals surface area contributed by atoms with Crippen LogP contribution in [0.15, 0.2) is 30.3 Å². The fraction of sp³-hybridized carbons (Fsp3) is 0.412. The van der Waals surface area contributed by atoms with Crippen molar-refractivity contribution in [2.45, 2.75) is 45.3 Å². The van der Waals surface area contributed by atoms with Crippen molar-refractivity contribution >= 4 is 23.5 Å². The van der Waals surface area contributed by atoms with Gasteiger partial charge < -0.3 is 14.6 Å². The van der Waals surface area contributed by atoms with Crippen molar-refractivity contribution in [2.75, 3.05) is 5.32 Å². The summed E-state index contributed by atoms with van der Waals surface area (Å²) in [6.45, 7) is 6.91. The molecule has 6 heteroatoms. The zero-order chi connectivity index (χ0) is 17.3. The molecular weight excluding hydrogens is 298 g/mol. The quantitative estimate of drug-likeness (QED) is 0.888. The lowest BCUT2D eigenvalue weighted by Crippen LogP contribution is -2.34. The Morgan fingerprint density at radius 2 is 1.87 bits per heavy atom. The molecule has 2 rings (SSSR count). The molecule has 124 valence electrons. The maximum atomic E-state index is 11.7. The number of benzene rings is 1. The third kappa shape index (κ3) is 4.25. The number of aliphatic carboxylic acids is 1. The van der Waals surface area contributed by atoms with E-state index in [-0.39, 0.29) is 0 Å². The summed E-state index contributed by atoms with van der Waals surface area (Å²) in [4.78, 5) is 22.9. The SMILES string of the molecule is CC(C)(C)OC(=O)Nc1ccc(C2=CCC(C)(C(=O)O)O2)cc1. The molecule has 0 spiro atoms. The smallest absolute Gasteiger partial charge is 0.412 e. The Labute approximate surface area is 135 Å². The molecule has 1 aliphatic heterocycles. The standard InChI is InChI=1S/C17H21NO5/c1-16(2,3)23-15(21)18-12-7-5-11(6-8-12)13-9-10-17(4,22-13)14(19)20/h5-9H,10H2,1-4H3,(H,18,21)(H,19,20). The average molecular weight is 319 g/mol. The van der Waals surface area contributed by atoms with Crippen LogP contribution in [0.5, 0.6) is 0 Å². The summed E-state index contributed by atoms with van der Waals surface area (Å²) in [6.07, 6.45) is 1.54. The number of carbonyl (C=O) groups is 2. The van der Waals surface area contributed by atoms with Gasteiger partial charge in [0.25, 0.3) is 0 Å². The predicted octanol–water partition coefficient (Wildman–Crippen LogP) is 3.64. The van der Waals surface area contributed by atoms with Gasteiger partial charge in [-0.2, -0.15) is 0 Å². The van der Waals surface area contributed by atoms with Crippen LogP contribution in [0, 0.1) is 0 Å². The van der Waals surface area contributed by atoms with Crippen LogP contribution in [0.2, 0.25) is 0 Å². The van der Waals surface area contributed by atoms with E-state index in [2.05, 4.69) is 5.32 Å². The van der Waals surface area contributed by atoms with Gasteiger partial charge in [-0.25, -0.2) is 9.59 Å². The average Bonchev–Trinajstić information content (AvgIpc) is 2.81. The number of carboxylic acid groups (broad SMARTS) is 1. The van der Waals surface area contributed by atoms with Gasteiger partial charge in [0.1, 0.15) is 11.4 Å². The van der Waals surface area contributed by atoms with Crippen molar-refractivity contribution in [3.63, 3.8) is 0 Å². The second kappa shape index (κ2) is 5.95. The summed E-state index contributed by atoms with van der Waals surface area (Å²) in [6, 6.07) is 6.93. The van der Waals surface area contributed by atoms with Gasteiger partial charge in [0.15, 0.2) is 0 Å². The van der Waals surface area contributed by atoms with Crippen molar-refractivity contribution in [2.24, 2.45) is 0 Å². The number of nitrogens with one attached hydrogen (secondary N) is 1. The highest BCUT2D eigenvalue weighted by Gasteiger charge is 2.39. The second-order valence-corrected chi connectivity index (χ2v) is 6.61. The number of hydrogen-bond acceptors (Lipinski definition) is 4. The van der Waals surface area contributed by atoms with E-state index in [1.807, 2.05) is 0 Å². The van der Waals surface area contributed by atoms with E-state index in [9.17, 15) is 9.59 Å². The molecule has 1 unspecified atom stereocenters. The number of amides is 1. The van der Waals surface area contributed by atoms with Gasteiger partial charge in [0.05, 0.1) is 0 Å². The molecule has 0 radical (unpaired) electrons. The molecule has 1 aromatic carbocycles. The number of carbonyl (C=O) groups excluding carboxylic acids is 1. The Bertz CT molecular complexity index is 642. The van der Waals surface area contributed by atoms with E-state index in [4.69, 9.17) is 14.6 Å². The van der Waals surface area contributed by atoms with Crippen LogP contribution in [0.4, 0.5) is 10.5 Å². The third-order valence-corrected chi connectivity index (χ3v) is 3.28. The van der Waals surface area contributed by atoms with E-state index < -0.39 is 23.3 Å². The first kappa shape index (κ1) is 16.9. The molecule has 6 nitrogen and oxygen atoms in total. The first-order valence-electron chi connectivity index (χ1n) is 7.32. The number of carboxylic acids is 1. The Kier molecular flexibility index (Phi) is 4.36. The lowest BCUT2D eigenvalue weighted by atomic mass is 10.0. The monoisotopic (exact) mass is 319 g/mol. The van der Waals surface area contributed by atoms with Gasteiger partial charge in [-0.1, -0.05) is 0 Å². The van der Waals surface area contributed by atoms with E-state index in [0.717, 1.165) is 5.56 Å². The lowest BCUT2D eigenvalue weighted by molar-refractivity contribution is -0.154. The Balaban J connectivity index is 2.01. The minimum Gasteiger partial charge on any atom is -0.478 e. The topological polar surface area (TPSA) is 84.9 Å². The van der Waals surface area contributed by atoms with E-state index in [1.165, 1.54) is 6.92 Å². The number of hydrogen-bond donors (Lipinski definition) is 2. The molecule has 0 saturated heterocycles. The normalized spacial score (nSPS) is 20.4. The van der Waals surface area contributed by atoms with Crippen LogP contribution < -0.4 is 5.32 Å². The van der Waals surface area contributed by atoms with Crippen molar-refractivity contribution in [1.82, 2.24) is 0 Å². The molecule has 1 heterocycles. The summed E-state index contributed by atoms with van der Waals surface area (Å²) < 4.78 is 10.7. The highest BCUT2D eigenvalue weighted by Crippen LogP contribution is 2.34. The fourth-order valence-electron chi connectivity index (χ4n) is 2.06. The van der Waals surface area contributed by atoms with Crippen molar-refractivity contribution in [3.05, 3.63) is 35.9 Å². The van der Waals surface area contributed by atoms with E-state index in [1.54, 1.807) is 51.1 Å². The first-order chi connectivity index (χ1) is 10.6. The van der Waals surface area contributed by atoms with Crippen LogP contribution in [0.3, 0.4) is 0 Å². The molecule has 0 bridgehead atoms. The summed E-state index contributed by atoms with van der Waals surface area (Å²) in [5.41, 5.74) is -0.441. The molecule has 1 aromatic rings. The van der Waals surface area contributed by atoms with Crippen LogP contribution in [-0.2, 0) is 14.3 Å². The zero-order valence-corrected chi connectivity index (χ0v) is 13.7. The van der Waals surface area contributed by atoms with Crippen LogP contribution in [-0.4, -0.2) is 28.4 Å². The van der Waals surface area contributed by atoms with Gasteiger partial charge >= 0.3 is 12.1 Å². The summed E-state index contributed by atoms with van der Waals surface area (Å²) in [7, 11) is 0. The zero-order valence-electron chi connectivity index (χ0n) is 13.7. The first-order valence-corrected chi connectivity index (χ1v) is 7.32. The van der Waals surface area contributed by atoms with Gasteiger partial charge in [0, 0.05) is 17.7 Å². The maximum absolute atomic E-state index is 11.7. The minimum atomic E-state index is -1.22. The molecule has 0 aromatic heterocycles. The number of rotatable bonds is 3. The van der Waals surface area contributed by atoms with Gasteiger partial charge in [-0.15, -0.1) is 0 Å². The summed E-state index contributed by atoms with van der Waals surface area (Å²) >= 11 is 0. The molecule has 2 N–H and O–H groups in total. The summed E-state index contributed by atoms with van der Waals surface area (Å²) in [5, 5.41) is 11.8. The molecular formula is C17H21NO5. The second-order valence-electron chi connectivity index (χ2n) is 6.61. The van der Waals surface area contributed by atoms with Crippen LogP contribution in [0.25, 0.3) is 5.76 Å². The maximum Gasteiger partial charge on any atom is 0.412 e. The minimum absolute atomic E-state index is 0.315. The van der Waals surface area contributed by atoms with Crippen molar-refractivity contribution < 1.29 is 24.2 Å². The molecule has 1 aliphatic rings. The molecule has 0 saturated carbocycles. The largest absolute Gasteiger partial charge is 0.478 e. The molecule has 0 aliphatic carbocycles. The molecule has 23 heavy (non-hydrogen) atoms. The van der Waals surface area contributed by atoms with E-state index in [0.29, 0.717) is 17.9 Å². The van der Waals surface area contributed by atoms with Crippen LogP contribution in [0.1, 0.15) is 39.7 Å². The Morgan fingerprint density at radius 1 is 1.26 bits per heavy atom. The number of ether oxygens (including phenoxy) is 2. The van der Waals surface area contributed by atoms with Crippen LogP contribution >= 0.6 is 0 Å². The molecule has 1 atom stereocenters. The van der Waals surface area contributed by atoms with Gasteiger partial charge in [0.2, 0.25) is 5.60 Å². The lowest BCUT2D eigenvalue weighted by Gasteiger charge is -2.20. The molecule has 1 amide bonds. The molecule has 0 fully saturated rings. The van der Waals surface area contributed by atoms with Gasteiger partial charge in [-0.05, 0) is 58.0 Å².